The third-order valence-electron chi connectivity index (χ3n) is 2.70. The number of halogens is 3. The highest BCUT2D eigenvalue weighted by Gasteiger charge is 2.57. The van der Waals surface area contributed by atoms with E-state index in [4.69, 9.17) is 4.74 Å². The summed E-state index contributed by atoms with van der Waals surface area (Å²) in [6, 6.07) is 3.42. The van der Waals surface area contributed by atoms with Crippen molar-refractivity contribution in [2.24, 2.45) is 5.92 Å². The van der Waals surface area contributed by atoms with Crippen LogP contribution in [0.5, 0.6) is 5.75 Å². The van der Waals surface area contributed by atoms with Crippen LogP contribution in [0.4, 0.5) is 8.78 Å². The maximum Gasteiger partial charge on any atom is 0.255 e. The third kappa shape index (κ3) is 1.99. The second kappa shape index (κ2) is 3.63. The van der Waals surface area contributed by atoms with Gasteiger partial charge in [-0.2, -0.15) is 4.98 Å². The molecule has 0 spiro atoms. The quantitative estimate of drug-likeness (QED) is 0.875. The van der Waals surface area contributed by atoms with Gasteiger partial charge in [-0.05, 0) is 28.1 Å². The second-order valence-corrected chi connectivity index (χ2v) is 4.70. The van der Waals surface area contributed by atoms with E-state index in [9.17, 15) is 8.78 Å². The molecule has 0 aromatic carbocycles. The number of fused-ring (bicyclic) bond motifs is 1. The standard InChI is InChI=1S/C10H8BrF2N3O/c11-9-14-8-7(2-1-3-16(8)15-9)17-5-6-4-10(6,12)13/h1-3,6H,4-5H2. The number of pyridine rings is 1. The Bertz CT molecular complexity index is 572. The van der Waals surface area contributed by atoms with Crippen LogP contribution < -0.4 is 4.74 Å². The molecule has 1 fully saturated rings. The predicted octanol–water partition coefficient (Wildman–Crippen LogP) is 2.53. The number of ether oxygens (including phenoxy) is 1. The minimum Gasteiger partial charge on any atom is -0.489 e. The molecule has 1 atom stereocenters. The van der Waals surface area contributed by atoms with Crippen LogP contribution >= 0.6 is 15.9 Å². The summed E-state index contributed by atoms with van der Waals surface area (Å²) < 4.78 is 32.7. The summed E-state index contributed by atoms with van der Waals surface area (Å²) in [5.74, 6) is -2.76. The molecule has 90 valence electrons. The van der Waals surface area contributed by atoms with E-state index in [2.05, 4.69) is 26.0 Å². The average Bonchev–Trinajstić information content (AvgIpc) is 2.69. The van der Waals surface area contributed by atoms with Crippen LogP contribution in [0.2, 0.25) is 0 Å². The smallest absolute Gasteiger partial charge is 0.255 e. The van der Waals surface area contributed by atoms with Crippen LogP contribution in [0.15, 0.2) is 23.1 Å². The van der Waals surface area contributed by atoms with Gasteiger partial charge in [0.15, 0.2) is 11.4 Å². The largest absolute Gasteiger partial charge is 0.489 e. The summed E-state index contributed by atoms with van der Waals surface area (Å²) in [4.78, 5) is 4.10. The monoisotopic (exact) mass is 303 g/mol. The van der Waals surface area contributed by atoms with Crippen molar-refractivity contribution in [1.29, 1.82) is 0 Å². The second-order valence-electron chi connectivity index (χ2n) is 3.99. The Kier molecular flexibility index (Phi) is 2.32. The minimum atomic E-state index is -2.56. The zero-order valence-electron chi connectivity index (χ0n) is 8.61. The highest BCUT2D eigenvalue weighted by atomic mass is 79.9. The van der Waals surface area contributed by atoms with E-state index in [0.29, 0.717) is 16.1 Å². The van der Waals surface area contributed by atoms with E-state index >= 15 is 0 Å². The molecule has 0 aliphatic heterocycles. The van der Waals surface area contributed by atoms with E-state index in [1.165, 1.54) is 4.52 Å². The maximum atomic E-state index is 12.7. The topological polar surface area (TPSA) is 39.4 Å². The molecule has 7 heteroatoms. The summed E-state index contributed by atoms with van der Waals surface area (Å²) in [6.07, 6.45) is 1.62. The molecule has 4 nitrogen and oxygen atoms in total. The fourth-order valence-corrected chi connectivity index (χ4v) is 1.95. The first-order valence-electron chi connectivity index (χ1n) is 5.08. The van der Waals surface area contributed by atoms with Gasteiger partial charge in [-0.3, -0.25) is 0 Å². The normalized spacial score (nSPS) is 21.7. The number of nitrogens with zero attached hydrogens (tertiary/aromatic N) is 3. The molecule has 0 saturated heterocycles. The van der Waals surface area contributed by atoms with Gasteiger partial charge in [0.1, 0.15) is 0 Å². The number of rotatable bonds is 3. The molecular formula is C10H8BrF2N3O. The Morgan fingerprint density at radius 3 is 3.06 bits per heavy atom. The molecule has 1 saturated carbocycles. The fraction of sp³-hybridized carbons (Fsp3) is 0.400. The molecule has 1 aliphatic rings. The Balaban J connectivity index is 1.80. The molecule has 2 aromatic rings. The van der Waals surface area contributed by atoms with Crippen molar-refractivity contribution in [1.82, 2.24) is 14.6 Å². The number of alkyl halides is 2. The summed E-state index contributed by atoms with van der Waals surface area (Å²) in [5.41, 5.74) is 0.517. The predicted molar refractivity (Wildman–Crippen MR) is 59.2 cm³/mol. The molecule has 1 aliphatic carbocycles. The molecule has 2 heterocycles. The third-order valence-corrected chi connectivity index (χ3v) is 3.03. The van der Waals surface area contributed by atoms with Gasteiger partial charge in [-0.25, -0.2) is 13.3 Å². The zero-order chi connectivity index (χ0) is 12.0. The fourth-order valence-electron chi connectivity index (χ4n) is 1.61. The average molecular weight is 304 g/mol. The number of hydrogen-bond acceptors (Lipinski definition) is 3. The van der Waals surface area contributed by atoms with Gasteiger partial charge in [0, 0.05) is 12.6 Å². The first kappa shape index (κ1) is 10.9. The Hall–Kier alpha value is -1.24. The van der Waals surface area contributed by atoms with Crippen molar-refractivity contribution < 1.29 is 13.5 Å². The SMILES string of the molecule is FC1(F)CC1COc1cccn2nc(Br)nc12. The first-order chi connectivity index (χ1) is 8.06. The van der Waals surface area contributed by atoms with E-state index < -0.39 is 11.8 Å². The zero-order valence-corrected chi connectivity index (χ0v) is 10.2. The van der Waals surface area contributed by atoms with Gasteiger partial charge in [0.2, 0.25) is 4.73 Å². The van der Waals surface area contributed by atoms with Crippen molar-refractivity contribution in [2.75, 3.05) is 6.61 Å². The van der Waals surface area contributed by atoms with Crippen LogP contribution in [-0.2, 0) is 0 Å². The molecule has 1 unspecified atom stereocenters. The molecule has 0 radical (unpaired) electrons. The van der Waals surface area contributed by atoms with Gasteiger partial charge in [-0.15, -0.1) is 5.10 Å². The summed E-state index contributed by atoms with van der Waals surface area (Å²) >= 11 is 3.15. The van der Waals surface area contributed by atoms with Crippen LogP contribution in [0.25, 0.3) is 5.65 Å². The lowest BCUT2D eigenvalue weighted by atomic mass is 10.4. The lowest BCUT2D eigenvalue weighted by Crippen LogP contribution is -2.06. The van der Waals surface area contributed by atoms with Gasteiger partial charge >= 0.3 is 0 Å². The Morgan fingerprint density at radius 1 is 1.59 bits per heavy atom. The lowest BCUT2D eigenvalue weighted by molar-refractivity contribution is 0.0857. The van der Waals surface area contributed by atoms with Crippen molar-refractivity contribution in [3.63, 3.8) is 0 Å². The summed E-state index contributed by atoms with van der Waals surface area (Å²) in [6.45, 7) is 0.0111. The highest BCUT2D eigenvalue weighted by Crippen LogP contribution is 2.48. The summed E-state index contributed by atoms with van der Waals surface area (Å²) in [7, 11) is 0. The van der Waals surface area contributed by atoms with Crippen molar-refractivity contribution in [3.8, 4) is 5.75 Å². The summed E-state index contributed by atoms with van der Waals surface area (Å²) in [5, 5.41) is 4.04. The Labute approximate surface area is 104 Å². The van der Waals surface area contributed by atoms with Crippen molar-refractivity contribution in [3.05, 3.63) is 23.1 Å². The van der Waals surface area contributed by atoms with Gasteiger partial charge in [0.05, 0.1) is 12.5 Å². The van der Waals surface area contributed by atoms with Gasteiger partial charge in [-0.1, -0.05) is 0 Å². The molecule has 0 amide bonds. The minimum absolute atomic E-state index is 0.0111. The van der Waals surface area contributed by atoms with Crippen molar-refractivity contribution in [2.45, 2.75) is 12.3 Å². The van der Waals surface area contributed by atoms with E-state index in [1.807, 2.05) is 0 Å². The molecule has 2 aromatic heterocycles. The molecule has 17 heavy (non-hydrogen) atoms. The molecular weight excluding hydrogens is 296 g/mol. The van der Waals surface area contributed by atoms with Gasteiger partial charge in [0.25, 0.3) is 5.92 Å². The van der Waals surface area contributed by atoms with Crippen molar-refractivity contribution >= 4 is 21.6 Å². The van der Waals surface area contributed by atoms with Crippen LogP contribution in [0, 0.1) is 5.92 Å². The molecule has 3 rings (SSSR count). The van der Waals surface area contributed by atoms with Gasteiger partial charge < -0.3 is 4.74 Å². The van der Waals surface area contributed by atoms with E-state index in [1.54, 1.807) is 18.3 Å². The molecule has 0 N–H and O–H groups in total. The maximum absolute atomic E-state index is 12.7. The first-order valence-corrected chi connectivity index (χ1v) is 5.87. The van der Waals surface area contributed by atoms with E-state index in [0.717, 1.165) is 0 Å². The van der Waals surface area contributed by atoms with E-state index in [-0.39, 0.29) is 13.0 Å². The van der Waals surface area contributed by atoms with Crippen LogP contribution in [0.3, 0.4) is 0 Å². The van der Waals surface area contributed by atoms with Crippen LogP contribution in [-0.4, -0.2) is 27.1 Å². The highest BCUT2D eigenvalue weighted by molar-refractivity contribution is 9.10. The lowest BCUT2D eigenvalue weighted by Gasteiger charge is -2.05. The molecule has 0 bridgehead atoms. The van der Waals surface area contributed by atoms with Crippen LogP contribution in [0.1, 0.15) is 6.42 Å². The number of aromatic nitrogens is 3. The Morgan fingerprint density at radius 2 is 2.35 bits per heavy atom. The number of hydrogen-bond donors (Lipinski definition) is 0.